The normalized spacial score (nSPS) is 14.9. The summed E-state index contributed by atoms with van der Waals surface area (Å²) in [5.41, 5.74) is 2.40. The van der Waals surface area contributed by atoms with Crippen LogP contribution in [0.25, 0.3) is 11.1 Å². The van der Waals surface area contributed by atoms with Crippen LogP contribution in [-0.2, 0) is 10.0 Å². The van der Waals surface area contributed by atoms with E-state index in [4.69, 9.17) is 0 Å². The number of sulfonamides is 1. The lowest BCUT2D eigenvalue weighted by Gasteiger charge is -2.15. The third-order valence-electron chi connectivity index (χ3n) is 5.08. The highest BCUT2D eigenvalue weighted by Crippen LogP contribution is 2.25. The topological polar surface area (TPSA) is 66.5 Å². The zero-order valence-corrected chi connectivity index (χ0v) is 17.2. The van der Waals surface area contributed by atoms with Crippen molar-refractivity contribution < 1.29 is 13.2 Å². The maximum Gasteiger partial charge on any atom is 0.251 e. The smallest absolute Gasteiger partial charge is 0.251 e. The average Bonchev–Trinajstić information content (AvgIpc) is 3.27. The molecule has 2 aromatic rings. The highest BCUT2D eigenvalue weighted by atomic mass is 32.2. The Morgan fingerprint density at radius 1 is 1.00 bits per heavy atom. The van der Waals surface area contributed by atoms with E-state index in [0.717, 1.165) is 43.2 Å². The van der Waals surface area contributed by atoms with Gasteiger partial charge < -0.3 is 5.32 Å². The first kappa shape index (κ1) is 20.6. The number of hydrogen-bond donors (Lipinski definition) is 1. The first-order valence-electron chi connectivity index (χ1n) is 10.0. The number of hydrogen-bond acceptors (Lipinski definition) is 3. The fourth-order valence-corrected chi connectivity index (χ4v) is 4.93. The summed E-state index contributed by atoms with van der Waals surface area (Å²) in [5.74, 6) is -0.0776. The van der Waals surface area contributed by atoms with Crippen LogP contribution in [0.4, 0.5) is 0 Å². The fourth-order valence-electron chi connectivity index (χ4n) is 3.42. The van der Waals surface area contributed by atoms with Crippen molar-refractivity contribution in [2.24, 2.45) is 0 Å². The highest BCUT2D eigenvalue weighted by molar-refractivity contribution is 7.89. The number of benzene rings is 2. The van der Waals surface area contributed by atoms with E-state index in [-0.39, 0.29) is 5.91 Å². The Labute approximate surface area is 167 Å². The number of unbranched alkanes of at least 4 members (excludes halogenated alkanes) is 2. The van der Waals surface area contributed by atoms with Crippen molar-refractivity contribution in [3.05, 3.63) is 54.1 Å². The molecule has 0 aliphatic carbocycles. The van der Waals surface area contributed by atoms with E-state index in [9.17, 15) is 13.2 Å². The number of rotatable bonds is 8. The SMILES string of the molecule is CCCCCNC(=O)c1cccc(-c2ccc(S(=O)(=O)N3CCCC3)cc2)c1. The van der Waals surface area contributed by atoms with E-state index in [1.54, 1.807) is 34.6 Å². The summed E-state index contributed by atoms with van der Waals surface area (Å²) < 4.78 is 26.8. The lowest BCUT2D eigenvalue weighted by atomic mass is 10.0. The summed E-state index contributed by atoms with van der Waals surface area (Å²) in [7, 11) is -3.41. The van der Waals surface area contributed by atoms with Gasteiger partial charge in [0.05, 0.1) is 4.90 Å². The van der Waals surface area contributed by atoms with Crippen LogP contribution in [0.1, 0.15) is 49.4 Å². The second-order valence-corrected chi connectivity index (χ2v) is 9.12. The van der Waals surface area contributed by atoms with Crippen molar-refractivity contribution in [3.8, 4) is 11.1 Å². The molecule has 0 aromatic heterocycles. The van der Waals surface area contributed by atoms with E-state index in [1.807, 2.05) is 18.2 Å². The van der Waals surface area contributed by atoms with Crippen LogP contribution < -0.4 is 5.32 Å². The maximum absolute atomic E-state index is 12.6. The van der Waals surface area contributed by atoms with Gasteiger partial charge in [-0.15, -0.1) is 0 Å². The van der Waals surface area contributed by atoms with Gasteiger partial charge in [0.25, 0.3) is 5.91 Å². The zero-order valence-electron chi connectivity index (χ0n) is 16.4. The summed E-state index contributed by atoms with van der Waals surface area (Å²) >= 11 is 0. The largest absolute Gasteiger partial charge is 0.352 e. The van der Waals surface area contributed by atoms with Crippen molar-refractivity contribution in [1.82, 2.24) is 9.62 Å². The Morgan fingerprint density at radius 2 is 1.71 bits per heavy atom. The van der Waals surface area contributed by atoms with Crippen LogP contribution in [0.2, 0.25) is 0 Å². The van der Waals surface area contributed by atoms with Crippen LogP contribution in [-0.4, -0.2) is 38.3 Å². The summed E-state index contributed by atoms with van der Waals surface area (Å²) in [6.45, 7) is 4.01. The second-order valence-electron chi connectivity index (χ2n) is 7.18. The van der Waals surface area contributed by atoms with E-state index in [0.29, 0.717) is 30.1 Å². The molecule has 0 spiro atoms. The molecule has 1 fully saturated rings. The zero-order chi connectivity index (χ0) is 20.0. The molecule has 1 aliphatic heterocycles. The minimum atomic E-state index is -3.41. The van der Waals surface area contributed by atoms with Gasteiger partial charge in [0, 0.05) is 25.2 Å². The molecule has 1 amide bonds. The molecule has 6 heteroatoms. The monoisotopic (exact) mass is 400 g/mol. The molecule has 1 aliphatic rings. The van der Waals surface area contributed by atoms with Crippen LogP contribution in [0.3, 0.4) is 0 Å². The van der Waals surface area contributed by atoms with Gasteiger partial charge in [-0.1, -0.05) is 44.0 Å². The minimum Gasteiger partial charge on any atom is -0.352 e. The summed E-state index contributed by atoms with van der Waals surface area (Å²) in [4.78, 5) is 12.7. The Bertz CT molecular complexity index is 902. The number of carbonyl (C=O) groups is 1. The van der Waals surface area contributed by atoms with Gasteiger partial charge >= 0.3 is 0 Å². The van der Waals surface area contributed by atoms with E-state index >= 15 is 0 Å². The van der Waals surface area contributed by atoms with Crippen LogP contribution in [0.15, 0.2) is 53.4 Å². The standard InChI is InChI=1S/C22H28N2O3S/c1-2-3-4-14-23-22(25)20-9-7-8-19(17-20)18-10-12-21(13-11-18)28(26,27)24-15-5-6-16-24/h7-13,17H,2-6,14-16H2,1H3,(H,23,25). The Hall–Kier alpha value is -2.18. The quantitative estimate of drug-likeness (QED) is 0.680. The summed E-state index contributed by atoms with van der Waals surface area (Å²) in [6.07, 6.45) is 5.05. The van der Waals surface area contributed by atoms with E-state index in [2.05, 4.69) is 12.2 Å². The molecule has 0 bridgehead atoms. The molecule has 1 saturated heterocycles. The number of amides is 1. The third-order valence-corrected chi connectivity index (χ3v) is 6.99. The van der Waals surface area contributed by atoms with Gasteiger partial charge in [0.15, 0.2) is 0 Å². The van der Waals surface area contributed by atoms with Crippen molar-refractivity contribution in [1.29, 1.82) is 0 Å². The van der Waals surface area contributed by atoms with Gasteiger partial charge in [-0.25, -0.2) is 8.42 Å². The lowest BCUT2D eigenvalue weighted by Crippen LogP contribution is -2.27. The summed E-state index contributed by atoms with van der Waals surface area (Å²) in [5, 5.41) is 2.95. The van der Waals surface area contributed by atoms with Gasteiger partial charge in [0.2, 0.25) is 10.0 Å². The predicted octanol–water partition coefficient (Wildman–Crippen LogP) is 4.06. The van der Waals surface area contributed by atoms with Crippen molar-refractivity contribution >= 4 is 15.9 Å². The molecule has 1 N–H and O–H groups in total. The van der Waals surface area contributed by atoms with Gasteiger partial charge in [-0.2, -0.15) is 4.31 Å². The second kappa shape index (κ2) is 9.34. The highest BCUT2D eigenvalue weighted by Gasteiger charge is 2.26. The molecule has 0 unspecified atom stereocenters. The van der Waals surface area contributed by atoms with Crippen molar-refractivity contribution in [3.63, 3.8) is 0 Å². The van der Waals surface area contributed by atoms with Crippen LogP contribution in [0.5, 0.6) is 0 Å². The third kappa shape index (κ3) is 4.80. The Morgan fingerprint density at radius 3 is 2.39 bits per heavy atom. The maximum atomic E-state index is 12.6. The molecule has 0 atom stereocenters. The molecule has 3 rings (SSSR count). The molecule has 5 nitrogen and oxygen atoms in total. The molecule has 0 radical (unpaired) electrons. The van der Waals surface area contributed by atoms with E-state index < -0.39 is 10.0 Å². The molecule has 28 heavy (non-hydrogen) atoms. The van der Waals surface area contributed by atoms with Gasteiger partial charge in [-0.3, -0.25) is 4.79 Å². The number of carbonyl (C=O) groups excluding carboxylic acids is 1. The fraction of sp³-hybridized carbons (Fsp3) is 0.409. The first-order valence-corrected chi connectivity index (χ1v) is 11.5. The summed E-state index contributed by atoms with van der Waals surface area (Å²) in [6, 6.07) is 14.3. The Kier molecular flexibility index (Phi) is 6.86. The molecular weight excluding hydrogens is 372 g/mol. The molecule has 2 aromatic carbocycles. The Balaban J connectivity index is 1.72. The van der Waals surface area contributed by atoms with E-state index in [1.165, 1.54) is 0 Å². The molecule has 0 saturated carbocycles. The van der Waals surface area contributed by atoms with Crippen molar-refractivity contribution in [2.75, 3.05) is 19.6 Å². The molecular formula is C22H28N2O3S. The molecule has 1 heterocycles. The van der Waals surface area contributed by atoms with Gasteiger partial charge in [-0.05, 0) is 54.7 Å². The number of nitrogens with one attached hydrogen (secondary N) is 1. The molecule has 150 valence electrons. The lowest BCUT2D eigenvalue weighted by molar-refractivity contribution is 0.0953. The van der Waals surface area contributed by atoms with Gasteiger partial charge in [0.1, 0.15) is 0 Å². The predicted molar refractivity (Wildman–Crippen MR) is 112 cm³/mol. The number of nitrogens with zero attached hydrogens (tertiary/aromatic N) is 1. The van der Waals surface area contributed by atoms with Crippen LogP contribution in [0, 0.1) is 0 Å². The minimum absolute atomic E-state index is 0.0776. The van der Waals surface area contributed by atoms with Crippen molar-refractivity contribution in [2.45, 2.75) is 43.9 Å². The average molecular weight is 401 g/mol. The first-order chi connectivity index (χ1) is 13.5. The van der Waals surface area contributed by atoms with Crippen LogP contribution >= 0.6 is 0 Å².